The zero-order valence-corrected chi connectivity index (χ0v) is 15.2. The maximum absolute atomic E-state index is 12.7. The van der Waals surface area contributed by atoms with Crippen LogP contribution < -0.4 is 9.62 Å². The normalized spacial score (nSPS) is 16.0. The maximum atomic E-state index is 12.7. The third-order valence-electron chi connectivity index (χ3n) is 4.88. The fourth-order valence-electron chi connectivity index (χ4n) is 3.76. The molecule has 2 aliphatic heterocycles. The average Bonchev–Trinajstić information content (AvgIpc) is 2.64. The van der Waals surface area contributed by atoms with Crippen LogP contribution in [0.2, 0.25) is 0 Å². The molecule has 0 fully saturated rings. The number of amides is 1. The van der Waals surface area contributed by atoms with Gasteiger partial charge in [-0.2, -0.15) is 0 Å². The molecule has 0 saturated heterocycles. The highest BCUT2D eigenvalue weighted by Crippen LogP contribution is 2.38. The molecule has 2 heterocycles. The number of anilines is 2. The number of rotatable bonds is 4. The number of nitro benzene ring substituents is 1. The van der Waals surface area contributed by atoms with Crippen molar-refractivity contribution in [3.05, 3.63) is 57.6 Å². The predicted molar refractivity (Wildman–Crippen MR) is 99.3 cm³/mol. The van der Waals surface area contributed by atoms with E-state index in [0.29, 0.717) is 25.1 Å². The summed E-state index contributed by atoms with van der Waals surface area (Å²) >= 11 is 0. The van der Waals surface area contributed by atoms with Crippen LogP contribution in [0.1, 0.15) is 24.0 Å². The van der Waals surface area contributed by atoms with Crippen molar-refractivity contribution in [2.75, 3.05) is 16.2 Å². The maximum Gasteiger partial charge on any atom is 0.289 e. The van der Waals surface area contributed by atoms with Crippen molar-refractivity contribution >= 4 is 33.0 Å². The van der Waals surface area contributed by atoms with Gasteiger partial charge in [0.05, 0.1) is 10.6 Å². The first kappa shape index (κ1) is 17.5. The van der Waals surface area contributed by atoms with Crippen LogP contribution in [-0.2, 0) is 27.7 Å². The summed E-state index contributed by atoms with van der Waals surface area (Å²) in [5.74, 6) is 0.0942. The van der Waals surface area contributed by atoms with E-state index in [1.54, 1.807) is 17.0 Å². The molecule has 9 heteroatoms. The monoisotopic (exact) mass is 387 g/mol. The first-order valence-corrected chi connectivity index (χ1v) is 10.1. The average molecular weight is 387 g/mol. The number of benzene rings is 2. The summed E-state index contributed by atoms with van der Waals surface area (Å²) in [4.78, 5) is 24.0. The van der Waals surface area contributed by atoms with E-state index in [2.05, 4.69) is 4.72 Å². The summed E-state index contributed by atoms with van der Waals surface area (Å²) in [7, 11) is -4.12. The lowest BCUT2D eigenvalue weighted by molar-refractivity contribution is -0.387. The Morgan fingerprint density at radius 2 is 1.78 bits per heavy atom. The van der Waals surface area contributed by atoms with Crippen LogP contribution in [0.5, 0.6) is 0 Å². The fourth-order valence-corrected chi connectivity index (χ4v) is 4.97. The molecule has 0 aliphatic carbocycles. The quantitative estimate of drug-likeness (QED) is 0.641. The molecule has 2 aromatic carbocycles. The molecule has 4 rings (SSSR count). The molecule has 140 valence electrons. The van der Waals surface area contributed by atoms with Crippen LogP contribution >= 0.6 is 0 Å². The first-order chi connectivity index (χ1) is 12.9. The number of carbonyl (C=O) groups excluding carboxylic acids is 1. The molecule has 0 radical (unpaired) electrons. The second-order valence-corrected chi connectivity index (χ2v) is 8.27. The first-order valence-electron chi connectivity index (χ1n) is 8.59. The molecular formula is C18H17N3O5S. The molecule has 0 bridgehead atoms. The summed E-state index contributed by atoms with van der Waals surface area (Å²) in [5, 5.41) is 11.2. The SMILES string of the molecule is O=C1CCc2cc(NS(=O)(=O)c3ccccc3[N+](=O)[O-])cc3c2N1CCC3. The highest BCUT2D eigenvalue weighted by atomic mass is 32.2. The van der Waals surface area contributed by atoms with Gasteiger partial charge < -0.3 is 4.90 Å². The summed E-state index contributed by atoms with van der Waals surface area (Å²) in [5.41, 5.74) is 2.63. The van der Waals surface area contributed by atoms with Crippen molar-refractivity contribution in [3.63, 3.8) is 0 Å². The Kier molecular flexibility index (Phi) is 4.11. The molecule has 1 N–H and O–H groups in total. The zero-order chi connectivity index (χ0) is 19.2. The van der Waals surface area contributed by atoms with Gasteiger partial charge in [0, 0.05) is 24.7 Å². The van der Waals surface area contributed by atoms with Gasteiger partial charge >= 0.3 is 0 Å². The topological polar surface area (TPSA) is 110 Å². The second kappa shape index (κ2) is 6.34. The summed E-state index contributed by atoms with van der Waals surface area (Å²) in [6, 6.07) is 8.68. The van der Waals surface area contributed by atoms with E-state index in [1.165, 1.54) is 18.2 Å². The minimum atomic E-state index is -4.12. The van der Waals surface area contributed by atoms with E-state index >= 15 is 0 Å². The van der Waals surface area contributed by atoms with Gasteiger partial charge in [-0.05, 0) is 48.6 Å². The minimum Gasteiger partial charge on any atom is -0.312 e. The van der Waals surface area contributed by atoms with Crippen molar-refractivity contribution in [1.29, 1.82) is 0 Å². The Bertz CT molecular complexity index is 1050. The number of hydrogen-bond acceptors (Lipinski definition) is 5. The molecule has 8 nitrogen and oxygen atoms in total. The summed E-state index contributed by atoms with van der Waals surface area (Å²) < 4.78 is 28.0. The molecule has 0 aromatic heterocycles. The van der Waals surface area contributed by atoms with E-state index in [-0.39, 0.29) is 10.8 Å². The van der Waals surface area contributed by atoms with E-state index in [1.807, 2.05) is 0 Å². The Labute approximate surface area is 156 Å². The number of sulfonamides is 1. The molecule has 0 saturated carbocycles. The van der Waals surface area contributed by atoms with Crippen molar-refractivity contribution in [3.8, 4) is 0 Å². The lowest BCUT2D eigenvalue weighted by Crippen LogP contribution is -2.39. The minimum absolute atomic E-state index is 0.0942. The van der Waals surface area contributed by atoms with Gasteiger partial charge in [0.25, 0.3) is 15.7 Å². The lowest BCUT2D eigenvalue weighted by Gasteiger charge is -2.35. The number of nitrogens with zero attached hydrogens (tertiary/aromatic N) is 2. The standard InChI is InChI=1S/C18H17N3O5S/c22-17-8-7-13-11-14(10-12-4-3-9-20(17)18(12)13)19-27(25,26)16-6-2-1-5-15(16)21(23)24/h1-2,5-6,10-11,19H,3-4,7-9H2. The van der Waals surface area contributed by atoms with Crippen LogP contribution in [0, 0.1) is 10.1 Å². The van der Waals surface area contributed by atoms with Gasteiger partial charge in [-0.1, -0.05) is 12.1 Å². The fraction of sp³-hybridized carbons (Fsp3) is 0.278. The van der Waals surface area contributed by atoms with Gasteiger partial charge in [0.15, 0.2) is 4.90 Å². The number of para-hydroxylation sites is 1. The van der Waals surface area contributed by atoms with E-state index in [0.717, 1.165) is 35.7 Å². The van der Waals surface area contributed by atoms with Crippen molar-refractivity contribution < 1.29 is 18.1 Å². The molecule has 0 unspecified atom stereocenters. The number of hydrogen-bond donors (Lipinski definition) is 1. The van der Waals surface area contributed by atoms with Crippen LogP contribution in [0.4, 0.5) is 17.1 Å². The summed E-state index contributed by atoms with van der Waals surface area (Å²) in [6.45, 7) is 0.681. The summed E-state index contributed by atoms with van der Waals surface area (Å²) in [6.07, 6.45) is 2.53. The molecule has 0 atom stereocenters. The number of nitrogens with one attached hydrogen (secondary N) is 1. The largest absolute Gasteiger partial charge is 0.312 e. The molecule has 1 amide bonds. The van der Waals surface area contributed by atoms with Crippen molar-refractivity contribution in [2.45, 2.75) is 30.6 Å². The lowest BCUT2D eigenvalue weighted by atomic mass is 9.91. The van der Waals surface area contributed by atoms with Gasteiger partial charge in [0.2, 0.25) is 5.91 Å². The zero-order valence-electron chi connectivity index (χ0n) is 14.3. The van der Waals surface area contributed by atoms with Crippen LogP contribution in [0.15, 0.2) is 41.3 Å². The second-order valence-electron chi connectivity index (χ2n) is 6.62. The van der Waals surface area contributed by atoms with Gasteiger partial charge in [-0.3, -0.25) is 19.6 Å². The number of aryl methyl sites for hydroxylation is 2. The van der Waals surface area contributed by atoms with Crippen LogP contribution in [0.25, 0.3) is 0 Å². The van der Waals surface area contributed by atoms with Crippen molar-refractivity contribution in [2.24, 2.45) is 0 Å². The smallest absolute Gasteiger partial charge is 0.289 e. The Morgan fingerprint density at radius 1 is 1.07 bits per heavy atom. The Hall–Kier alpha value is -2.94. The molecule has 2 aliphatic rings. The molecular weight excluding hydrogens is 370 g/mol. The molecule has 27 heavy (non-hydrogen) atoms. The third kappa shape index (κ3) is 3.03. The Morgan fingerprint density at radius 3 is 2.52 bits per heavy atom. The predicted octanol–water partition coefficient (Wildman–Crippen LogP) is 2.62. The highest BCUT2D eigenvalue weighted by Gasteiger charge is 2.31. The highest BCUT2D eigenvalue weighted by molar-refractivity contribution is 7.92. The van der Waals surface area contributed by atoms with E-state index < -0.39 is 20.6 Å². The van der Waals surface area contributed by atoms with Crippen LogP contribution in [-0.4, -0.2) is 25.8 Å². The van der Waals surface area contributed by atoms with Crippen molar-refractivity contribution in [1.82, 2.24) is 0 Å². The number of carbonyl (C=O) groups is 1. The van der Waals surface area contributed by atoms with Gasteiger partial charge in [-0.15, -0.1) is 0 Å². The van der Waals surface area contributed by atoms with E-state index in [4.69, 9.17) is 0 Å². The van der Waals surface area contributed by atoms with Gasteiger partial charge in [0.1, 0.15) is 0 Å². The van der Waals surface area contributed by atoms with Gasteiger partial charge in [-0.25, -0.2) is 8.42 Å². The molecule has 0 spiro atoms. The third-order valence-corrected chi connectivity index (χ3v) is 6.31. The Balaban J connectivity index is 1.74. The molecule has 2 aromatic rings. The number of nitro groups is 1. The van der Waals surface area contributed by atoms with Crippen LogP contribution in [0.3, 0.4) is 0 Å². The van der Waals surface area contributed by atoms with E-state index in [9.17, 15) is 23.3 Å².